The number of benzene rings is 1. The number of amides is 1. The predicted octanol–water partition coefficient (Wildman–Crippen LogP) is 3.79. The van der Waals surface area contributed by atoms with E-state index in [1.165, 1.54) is 6.07 Å². The number of nitrogens with zero attached hydrogens (tertiary/aromatic N) is 5. The van der Waals surface area contributed by atoms with Crippen molar-refractivity contribution in [3.8, 4) is 11.6 Å². The second-order valence-electron chi connectivity index (χ2n) is 8.52. The number of halogens is 2. The zero-order chi connectivity index (χ0) is 22.5. The van der Waals surface area contributed by atoms with Crippen LogP contribution in [0.3, 0.4) is 0 Å². The lowest BCUT2D eigenvalue weighted by molar-refractivity contribution is -0.131. The average Bonchev–Trinajstić information content (AvgIpc) is 3.12. The van der Waals surface area contributed by atoms with Gasteiger partial charge in [-0.15, -0.1) is 0 Å². The summed E-state index contributed by atoms with van der Waals surface area (Å²) in [5.41, 5.74) is 1.76. The Morgan fingerprint density at radius 1 is 1.34 bits per heavy atom. The van der Waals surface area contributed by atoms with Gasteiger partial charge in [-0.2, -0.15) is 22.7 Å². The lowest BCUT2D eigenvalue weighted by Gasteiger charge is -2.16. The van der Waals surface area contributed by atoms with Crippen molar-refractivity contribution in [2.24, 2.45) is 0 Å². The fourth-order valence-corrected chi connectivity index (χ4v) is 4.72. The quantitative estimate of drug-likeness (QED) is 0.568. The number of carbonyl (C=O) groups excluding carboxylic acids is 1. The number of aromatic nitrogens is 4. The van der Waals surface area contributed by atoms with Gasteiger partial charge in [-0.1, -0.05) is 29.4 Å². The molecule has 2 aromatic heterocycles. The maximum Gasteiger partial charge on any atom is 0.280 e. The standard InChI is InChI=1S/C22H23F2N5O2S/c1-13-4-2-3-5-15(13)22(7-8-22)21-25-20(31-27-21)16-10-17(19(23)24)29(26-16)12-18(30)28-9-6-14(32)11-28/h2-5,10,14,19,32H,6-9,11-12H2,1H3/t14-/m0/s1. The summed E-state index contributed by atoms with van der Waals surface area (Å²) in [6.45, 7) is 2.85. The minimum Gasteiger partial charge on any atom is -0.340 e. The monoisotopic (exact) mass is 459 g/mol. The van der Waals surface area contributed by atoms with Crippen LogP contribution in [0.4, 0.5) is 8.78 Å². The summed E-state index contributed by atoms with van der Waals surface area (Å²) in [4.78, 5) is 18.7. The molecule has 1 atom stereocenters. The molecule has 0 N–H and O–H groups in total. The summed E-state index contributed by atoms with van der Waals surface area (Å²) in [5, 5.41) is 8.48. The number of hydrogen-bond acceptors (Lipinski definition) is 6. The molecule has 3 heterocycles. The average molecular weight is 460 g/mol. The van der Waals surface area contributed by atoms with Crippen molar-refractivity contribution in [3.05, 3.63) is 53.0 Å². The zero-order valence-corrected chi connectivity index (χ0v) is 18.4. The van der Waals surface area contributed by atoms with E-state index in [9.17, 15) is 13.6 Å². The molecule has 10 heteroatoms. The van der Waals surface area contributed by atoms with Gasteiger partial charge in [-0.05, 0) is 43.4 Å². The van der Waals surface area contributed by atoms with Crippen LogP contribution in [0, 0.1) is 6.92 Å². The molecule has 0 unspecified atom stereocenters. The van der Waals surface area contributed by atoms with E-state index in [2.05, 4.69) is 33.9 Å². The molecule has 1 saturated carbocycles. The van der Waals surface area contributed by atoms with Crippen LogP contribution in [0.25, 0.3) is 11.6 Å². The molecule has 168 valence electrons. The van der Waals surface area contributed by atoms with Crippen LogP contribution in [-0.4, -0.2) is 49.1 Å². The highest BCUT2D eigenvalue weighted by atomic mass is 32.1. The minimum absolute atomic E-state index is 0.0737. The molecule has 3 aromatic rings. The maximum absolute atomic E-state index is 13.7. The Hall–Kier alpha value is -2.75. The number of thiol groups is 1. The van der Waals surface area contributed by atoms with Gasteiger partial charge in [-0.25, -0.2) is 8.78 Å². The molecule has 2 fully saturated rings. The van der Waals surface area contributed by atoms with E-state index in [0.717, 1.165) is 35.1 Å². The molecule has 0 radical (unpaired) electrons. The van der Waals surface area contributed by atoms with Gasteiger partial charge < -0.3 is 9.42 Å². The van der Waals surface area contributed by atoms with Crippen molar-refractivity contribution in [1.82, 2.24) is 24.8 Å². The SMILES string of the molecule is Cc1ccccc1C1(c2noc(-c3cc(C(F)F)n(CC(=O)N4CC[C@H](S)C4)n3)n2)CC1. The van der Waals surface area contributed by atoms with Crippen molar-refractivity contribution < 1.29 is 18.1 Å². The van der Waals surface area contributed by atoms with E-state index in [-0.39, 0.29) is 40.4 Å². The second-order valence-corrected chi connectivity index (χ2v) is 9.25. The molecule has 7 nitrogen and oxygen atoms in total. The third-order valence-electron chi connectivity index (χ3n) is 6.32. The van der Waals surface area contributed by atoms with E-state index in [1.807, 2.05) is 25.1 Å². The van der Waals surface area contributed by atoms with E-state index < -0.39 is 6.43 Å². The highest BCUT2D eigenvalue weighted by Gasteiger charge is 2.50. The third kappa shape index (κ3) is 3.70. The van der Waals surface area contributed by atoms with Gasteiger partial charge in [0.1, 0.15) is 12.2 Å². The van der Waals surface area contributed by atoms with Gasteiger partial charge in [0.25, 0.3) is 12.3 Å². The van der Waals surface area contributed by atoms with Crippen LogP contribution in [0.1, 0.15) is 48.3 Å². The Morgan fingerprint density at radius 2 is 2.12 bits per heavy atom. The first-order chi connectivity index (χ1) is 15.4. The molecule has 1 aliphatic heterocycles. The van der Waals surface area contributed by atoms with Crippen molar-refractivity contribution in [2.75, 3.05) is 13.1 Å². The molecule has 1 saturated heterocycles. The Morgan fingerprint density at radius 3 is 2.78 bits per heavy atom. The Labute approximate surface area is 189 Å². The molecule has 1 aromatic carbocycles. The van der Waals surface area contributed by atoms with Crippen LogP contribution in [0.15, 0.2) is 34.9 Å². The largest absolute Gasteiger partial charge is 0.340 e. The molecule has 0 spiro atoms. The number of rotatable bonds is 6. The molecule has 32 heavy (non-hydrogen) atoms. The van der Waals surface area contributed by atoms with Gasteiger partial charge in [0.05, 0.1) is 5.41 Å². The Bertz CT molecular complexity index is 1160. The summed E-state index contributed by atoms with van der Waals surface area (Å²) >= 11 is 4.38. The van der Waals surface area contributed by atoms with E-state index in [1.54, 1.807) is 4.90 Å². The topological polar surface area (TPSA) is 77.0 Å². The van der Waals surface area contributed by atoms with Crippen molar-refractivity contribution in [1.29, 1.82) is 0 Å². The van der Waals surface area contributed by atoms with Gasteiger partial charge in [0, 0.05) is 18.3 Å². The second kappa shape index (κ2) is 7.99. The van der Waals surface area contributed by atoms with E-state index in [4.69, 9.17) is 4.52 Å². The molecule has 0 bridgehead atoms. The zero-order valence-electron chi connectivity index (χ0n) is 17.5. The van der Waals surface area contributed by atoms with Crippen LogP contribution < -0.4 is 0 Å². The van der Waals surface area contributed by atoms with Crippen molar-refractivity contribution >= 4 is 18.5 Å². The fourth-order valence-electron chi connectivity index (χ4n) is 4.40. The summed E-state index contributed by atoms with van der Waals surface area (Å²) < 4.78 is 33.8. The Kier molecular flexibility index (Phi) is 5.27. The van der Waals surface area contributed by atoms with Crippen LogP contribution in [0.2, 0.25) is 0 Å². The van der Waals surface area contributed by atoms with E-state index >= 15 is 0 Å². The Balaban J connectivity index is 1.41. The van der Waals surface area contributed by atoms with Crippen molar-refractivity contribution in [2.45, 2.75) is 49.8 Å². The molecular weight excluding hydrogens is 436 g/mol. The van der Waals surface area contributed by atoms with Gasteiger partial charge >= 0.3 is 0 Å². The number of hydrogen-bond donors (Lipinski definition) is 1. The molecule has 5 rings (SSSR count). The van der Waals surface area contributed by atoms with Crippen molar-refractivity contribution in [3.63, 3.8) is 0 Å². The number of aryl methyl sites for hydroxylation is 1. The molecule has 1 amide bonds. The summed E-state index contributed by atoms with van der Waals surface area (Å²) in [7, 11) is 0. The first-order valence-electron chi connectivity index (χ1n) is 10.6. The molecule has 1 aliphatic carbocycles. The number of carbonyl (C=O) groups is 1. The normalized spacial score (nSPS) is 19.7. The highest BCUT2D eigenvalue weighted by molar-refractivity contribution is 7.81. The number of likely N-dealkylation sites (tertiary alicyclic amines) is 1. The lowest BCUT2D eigenvalue weighted by atomic mass is 9.91. The van der Waals surface area contributed by atoms with E-state index in [0.29, 0.717) is 18.9 Å². The van der Waals surface area contributed by atoms with Crippen LogP contribution in [-0.2, 0) is 16.8 Å². The smallest absolute Gasteiger partial charge is 0.280 e. The minimum atomic E-state index is -2.79. The fraction of sp³-hybridized carbons (Fsp3) is 0.455. The van der Waals surface area contributed by atoms with Gasteiger partial charge in [0.15, 0.2) is 11.5 Å². The van der Waals surface area contributed by atoms with Gasteiger partial charge in [-0.3, -0.25) is 9.48 Å². The third-order valence-corrected chi connectivity index (χ3v) is 6.74. The first kappa shape index (κ1) is 21.1. The van der Waals surface area contributed by atoms with Gasteiger partial charge in [0.2, 0.25) is 5.91 Å². The highest BCUT2D eigenvalue weighted by Crippen LogP contribution is 2.53. The summed E-state index contributed by atoms with van der Waals surface area (Å²) in [6, 6.07) is 9.28. The lowest BCUT2D eigenvalue weighted by Crippen LogP contribution is -2.32. The summed E-state index contributed by atoms with van der Waals surface area (Å²) in [5.74, 6) is 0.341. The van der Waals surface area contributed by atoms with Crippen LogP contribution in [0.5, 0.6) is 0 Å². The summed E-state index contributed by atoms with van der Waals surface area (Å²) in [6.07, 6.45) is -0.216. The maximum atomic E-state index is 13.7. The molecular formula is C22H23F2N5O2S. The van der Waals surface area contributed by atoms with Crippen LogP contribution >= 0.6 is 12.6 Å². The first-order valence-corrected chi connectivity index (χ1v) is 11.1. The number of alkyl halides is 2. The predicted molar refractivity (Wildman–Crippen MR) is 116 cm³/mol. The molecule has 2 aliphatic rings.